The third kappa shape index (κ3) is 4.41. The minimum atomic E-state index is 0.504. The molecule has 1 rings (SSSR count). The minimum Gasteiger partial charge on any atom is -0.381 e. The second-order valence-electron chi connectivity index (χ2n) is 4.07. The summed E-state index contributed by atoms with van der Waals surface area (Å²) in [6.07, 6.45) is 6.79. The third-order valence-electron chi connectivity index (χ3n) is 2.85. The zero-order chi connectivity index (χ0) is 10.4. The Morgan fingerprint density at radius 2 is 2.29 bits per heavy atom. The maximum absolute atomic E-state index is 5.73. The van der Waals surface area contributed by atoms with E-state index in [9.17, 15) is 0 Å². The second kappa shape index (κ2) is 6.97. The molecule has 0 spiro atoms. The lowest BCUT2D eigenvalue weighted by Gasteiger charge is -2.29. The Balaban J connectivity index is 2.22. The first-order valence-electron chi connectivity index (χ1n) is 5.50. The molecular weight excluding hydrogens is 216 g/mol. The van der Waals surface area contributed by atoms with Crippen LogP contribution in [0.25, 0.3) is 0 Å². The molecule has 3 atom stereocenters. The Morgan fingerprint density at radius 3 is 2.93 bits per heavy atom. The van der Waals surface area contributed by atoms with Gasteiger partial charge in [-0.3, -0.25) is 0 Å². The smallest absolute Gasteiger partial charge is 0.0581 e. The number of methoxy groups -OCH3 is 1. The van der Waals surface area contributed by atoms with E-state index in [0.29, 0.717) is 11.4 Å². The van der Waals surface area contributed by atoms with E-state index in [1.807, 2.05) is 7.11 Å². The number of rotatable bonds is 5. The van der Waals surface area contributed by atoms with Gasteiger partial charge in [0, 0.05) is 23.5 Å². The highest BCUT2D eigenvalue weighted by atomic mass is 35.5. The Hall–Kier alpha value is 0.600. The number of hydrogen-bond acceptors (Lipinski definition) is 2. The van der Waals surface area contributed by atoms with E-state index < -0.39 is 0 Å². The fourth-order valence-corrected chi connectivity index (χ4v) is 3.99. The number of halogens is 1. The van der Waals surface area contributed by atoms with Crippen LogP contribution in [0, 0.1) is 0 Å². The molecule has 0 aromatic carbocycles. The highest BCUT2D eigenvalue weighted by Crippen LogP contribution is 2.33. The van der Waals surface area contributed by atoms with Crippen LogP contribution in [0.5, 0.6) is 0 Å². The maximum Gasteiger partial charge on any atom is 0.0581 e. The van der Waals surface area contributed by atoms with Gasteiger partial charge in [0.05, 0.1) is 6.10 Å². The third-order valence-corrected chi connectivity index (χ3v) is 4.58. The normalized spacial score (nSPS) is 30.2. The maximum atomic E-state index is 5.73. The zero-order valence-corrected chi connectivity index (χ0v) is 10.7. The van der Waals surface area contributed by atoms with E-state index in [1.54, 1.807) is 0 Å². The summed E-state index contributed by atoms with van der Waals surface area (Å²) >= 11 is 7.83. The van der Waals surface area contributed by atoms with Gasteiger partial charge < -0.3 is 4.74 Å². The largest absolute Gasteiger partial charge is 0.381 e. The van der Waals surface area contributed by atoms with Crippen LogP contribution in [0.1, 0.15) is 39.0 Å². The average molecular weight is 237 g/mol. The van der Waals surface area contributed by atoms with Crippen LogP contribution in [-0.4, -0.2) is 29.6 Å². The van der Waals surface area contributed by atoms with Gasteiger partial charge in [0.15, 0.2) is 0 Å². The molecule has 3 unspecified atom stereocenters. The van der Waals surface area contributed by atoms with Gasteiger partial charge in [-0.15, -0.1) is 11.6 Å². The molecule has 84 valence electrons. The predicted octanol–water partition coefficient (Wildman–Crippen LogP) is 3.69. The van der Waals surface area contributed by atoms with Crippen molar-refractivity contribution in [2.75, 3.05) is 13.0 Å². The van der Waals surface area contributed by atoms with Crippen molar-refractivity contribution in [3.63, 3.8) is 0 Å². The molecule has 0 N–H and O–H groups in total. The van der Waals surface area contributed by atoms with Gasteiger partial charge >= 0.3 is 0 Å². The molecule has 0 aromatic rings. The molecule has 0 saturated heterocycles. The van der Waals surface area contributed by atoms with E-state index in [-0.39, 0.29) is 0 Å². The van der Waals surface area contributed by atoms with Crippen molar-refractivity contribution in [2.45, 2.75) is 55.6 Å². The first-order valence-corrected chi connectivity index (χ1v) is 6.98. The first kappa shape index (κ1) is 12.7. The van der Waals surface area contributed by atoms with Gasteiger partial charge in [-0.1, -0.05) is 6.92 Å². The Labute approximate surface area is 96.9 Å². The van der Waals surface area contributed by atoms with Crippen LogP contribution in [-0.2, 0) is 4.74 Å². The van der Waals surface area contributed by atoms with E-state index >= 15 is 0 Å². The molecule has 1 aliphatic carbocycles. The van der Waals surface area contributed by atoms with Crippen LogP contribution in [0.15, 0.2) is 0 Å². The molecule has 0 aromatic heterocycles. The second-order valence-corrected chi connectivity index (χ2v) is 6.19. The van der Waals surface area contributed by atoms with Gasteiger partial charge in [-0.25, -0.2) is 0 Å². The summed E-state index contributed by atoms with van der Waals surface area (Å²) in [5.74, 6) is 0.786. The highest BCUT2D eigenvalue weighted by Gasteiger charge is 2.23. The van der Waals surface area contributed by atoms with Gasteiger partial charge in [-0.2, -0.15) is 11.8 Å². The molecule has 0 radical (unpaired) electrons. The molecule has 0 amide bonds. The predicted molar refractivity (Wildman–Crippen MR) is 65.4 cm³/mol. The Kier molecular flexibility index (Phi) is 6.31. The van der Waals surface area contributed by atoms with E-state index in [0.717, 1.165) is 17.6 Å². The average Bonchev–Trinajstić information content (AvgIpc) is 2.18. The van der Waals surface area contributed by atoms with Gasteiger partial charge in [0.1, 0.15) is 0 Å². The van der Waals surface area contributed by atoms with Gasteiger partial charge in [0.25, 0.3) is 0 Å². The number of hydrogen-bond donors (Lipinski definition) is 0. The summed E-state index contributed by atoms with van der Waals surface area (Å²) < 4.78 is 5.42. The summed E-state index contributed by atoms with van der Waals surface area (Å²) in [5.41, 5.74) is 0. The van der Waals surface area contributed by atoms with Gasteiger partial charge in [0.2, 0.25) is 0 Å². The summed E-state index contributed by atoms with van der Waals surface area (Å²) in [6.45, 7) is 2.28. The number of ether oxygens (including phenoxy) is 1. The van der Waals surface area contributed by atoms with Crippen molar-refractivity contribution < 1.29 is 4.74 Å². The lowest BCUT2D eigenvalue weighted by Crippen LogP contribution is -2.24. The number of alkyl halides is 1. The summed E-state index contributed by atoms with van der Waals surface area (Å²) in [4.78, 5) is 0. The number of thioether (sulfide) groups is 1. The molecule has 1 aliphatic rings. The molecule has 3 heteroatoms. The molecule has 14 heavy (non-hydrogen) atoms. The molecule has 0 bridgehead atoms. The lowest BCUT2D eigenvalue weighted by atomic mass is 9.97. The van der Waals surface area contributed by atoms with Crippen LogP contribution in [0.4, 0.5) is 0 Å². The molecule has 0 aliphatic heterocycles. The van der Waals surface area contributed by atoms with E-state index in [2.05, 4.69) is 18.7 Å². The molecule has 0 heterocycles. The quantitative estimate of drug-likeness (QED) is 0.674. The standard InChI is InChI=1S/C11H21ClOS/c1-9(6-7-12)14-11-5-3-4-10(8-11)13-2/h9-11H,3-8H2,1-2H3. The topological polar surface area (TPSA) is 9.23 Å². The summed E-state index contributed by atoms with van der Waals surface area (Å²) in [5, 5.41) is 1.50. The molecule has 1 nitrogen and oxygen atoms in total. The summed E-state index contributed by atoms with van der Waals surface area (Å²) in [7, 11) is 1.83. The van der Waals surface area contributed by atoms with Crippen LogP contribution >= 0.6 is 23.4 Å². The van der Waals surface area contributed by atoms with E-state index in [4.69, 9.17) is 16.3 Å². The molecular formula is C11H21ClOS. The fraction of sp³-hybridized carbons (Fsp3) is 1.00. The van der Waals surface area contributed by atoms with Crippen molar-refractivity contribution in [1.82, 2.24) is 0 Å². The van der Waals surface area contributed by atoms with E-state index in [1.165, 1.54) is 25.7 Å². The van der Waals surface area contributed by atoms with Crippen molar-refractivity contribution in [1.29, 1.82) is 0 Å². The first-order chi connectivity index (χ1) is 6.76. The Morgan fingerprint density at radius 1 is 1.50 bits per heavy atom. The Bertz CT molecular complexity index is 154. The summed E-state index contributed by atoms with van der Waals surface area (Å²) in [6, 6.07) is 0. The van der Waals surface area contributed by atoms with Crippen LogP contribution < -0.4 is 0 Å². The van der Waals surface area contributed by atoms with Gasteiger partial charge in [-0.05, 0) is 32.1 Å². The zero-order valence-electron chi connectivity index (χ0n) is 9.17. The minimum absolute atomic E-state index is 0.504. The van der Waals surface area contributed by atoms with Crippen molar-refractivity contribution in [3.05, 3.63) is 0 Å². The van der Waals surface area contributed by atoms with Crippen molar-refractivity contribution in [2.24, 2.45) is 0 Å². The molecule has 1 fully saturated rings. The monoisotopic (exact) mass is 236 g/mol. The van der Waals surface area contributed by atoms with Crippen LogP contribution in [0.3, 0.4) is 0 Å². The fourth-order valence-electron chi connectivity index (χ4n) is 1.99. The van der Waals surface area contributed by atoms with Crippen molar-refractivity contribution >= 4 is 23.4 Å². The molecule has 1 saturated carbocycles. The highest BCUT2D eigenvalue weighted by molar-refractivity contribution is 8.00. The van der Waals surface area contributed by atoms with Crippen molar-refractivity contribution in [3.8, 4) is 0 Å². The lowest BCUT2D eigenvalue weighted by molar-refractivity contribution is 0.0730. The SMILES string of the molecule is COC1CCCC(SC(C)CCCl)C1. The van der Waals surface area contributed by atoms with Crippen LogP contribution in [0.2, 0.25) is 0 Å².